The van der Waals surface area contributed by atoms with Crippen LogP contribution >= 0.6 is 58.8 Å². The molecule has 3 N–H and O–H groups in total. The number of benzene rings is 2. The van der Waals surface area contributed by atoms with Crippen LogP contribution in [-0.4, -0.2) is 42.2 Å². The topological polar surface area (TPSA) is 121 Å². The zero-order valence-electron chi connectivity index (χ0n) is 16.9. The third-order valence-corrected chi connectivity index (χ3v) is 7.27. The Balaban J connectivity index is 1.72. The molecule has 4 rings (SSSR count). The van der Waals surface area contributed by atoms with Gasteiger partial charge in [0.15, 0.2) is 11.6 Å². The van der Waals surface area contributed by atoms with E-state index in [1.807, 2.05) is 0 Å². The second-order valence-corrected chi connectivity index (χ2v) is 9.99. The van der Waals surface area contributed by atoms with Gasteiger partial charge in [0.25, 0.3) is 5.91 Å². The van der Waals surface area contributed by atoms with E-state index in [2.05, 4.69) is 10.2 Å². The van der Waals surface area contributed by atoms with Crippen LogP contribution in [0.2, 0.25) is 15.1 Å². The van der Waals surface area contributed by atoms with Crippen molar-refractivity contribution in [2.24, 2.45) is 0 Å². The third-order valence-electron chi connectivity index (χ3n) is 4.82. The van der Waals surface area contributed by atoms with Gasteiger partial charge in [-0.15, -0.1) is 11.8 Å². The molecule has 1 amide bonds. The number of aliphatic carboxylic acids is 1. The number of hydrogen-bond acceptors (Lipinski definition) is 7. The normalized spacial score (nSPS) is 17.9. The number of amides is 1. The number of ether oxygens (including phenoxy) is 1. The molecule has 1 aliphatic rings. The van der Waals surface area contributed by atoms with Crippen LogP contribution in [0.15, 0.2) is 36.4 Å². The first-order chi connectivity index (χ1) is 16.2. The molecule has 2 heterocycles. The molecule has 0 bridgehead atoms. The van der Waals surface area contributed by atoms with Gasteiger partial charge in [-0.3, -0.25) is 14.7 Å². The van der Waals surface area contributed by atoms with E-state index in [1.165, 1.54) is 27.9 Å². The second kappa shape index (κ2) is 10.0. The van der Waals surface area contributed by atoms with E-state index < -0.39 is 28.9 Å². The van der Waals surface area contributed by atoms with Gasteiger partial charge in [-0.2, -0.15) is 5.10 Å². The van der Waals surface area contributed by atoms with Crippen molar-refractivity contribution in [3.8, 4) is 11.5 Å². The van der Waals surface area contributed by atoms with Gasteiger partial charge in [-0.05, 0) is 30.4 Å². The summed E-state index contributed by atoms with van der Waals surface area (Å²) in [4.78, 5) is 24.7. The summed E-state index contributed by atoms with van der Waals surface area (Å²) >= 11 is 24.8. The van der Waals surface area contributed by atoms with Crippen molar-refractivity contribution in [3.63, 3.8) is 0 Å². The number of carbonyl (C=O) groups is 2. The number of carboxylic acid groups (broad SMARTS) is 1. The molecule has 34 heavy (non-hydrogen) atoms. The molecular formula is C20H15Cl3N4O5S2. The highest BCUT2D eigenvalue weighted by molar-refractivity contribution is 8.01. The van der Waals surface area contributed by atoms with E-state index in [-0.39, 0.29) is 38.7 Å². The standard InChI is InChI=1S/C20H15Cl3N4O5S2/c21-9-5-11(22)17(12(23)6-9)32-8-15-24-25-20(33)26(15)27-18(31)14(7-16(29)30)34-19(27)10-3-1-2-4-13(10)28/h1-6,14,19,28H,7-8H2,(H,25,33)(H,29,30). The second-order valence-electron chi connectivity index (χ2n) is 7.06. The number of aromatic hydroxyl groups is 1. The van der Waals surface area contributed by atoms with Crippen molar-refractivity contribution < 1.29 is 24.5 Å². The van der Waals surface area contributed by atoms with Crippen LogP contribution in [0.4, 0.5) is 0 Å². The molecule has 178 valence electrons. The number of hydrogen-bond donors (Lipinski definition) is 3. The van der Waals surface area contributed by atoms with Crippen LogP contribution in [0.3, 0.4) is 0 Å². The number of halogens is 3. The maximum absolute atomic E-state index is 13.3. The Labute approximate surface area is 217 Å². The van der Waals surface area contributed by atoms with Crippen LogP contribution in [0.5, 0.6) is 11.5 Å². The minimum atomic E-state index is -1.13. The van der Waals surface area contributed by atoms with Crippen LogP contribution in [0.1, 0.15) is 23.2 Å². The van der Waals surface area contributed by atoms with Gasteiger partial charge in [-0.1, -0.05) is 53.0 Å². The summed E-state index contributed by atoms with van der Waals surface area (Å²) in [5.41, 5.74) is 0.410. The summed E-state index contributed by atoms with van der Waals surface area (Å²) in [5.74, 6) is -1.34. The van der Waals surface area contributed by atoms with E-state index in [1.54, 1.807) is 18.2 Å². The Morgan fingerprint density at radius 2 is 1.91 bits per heavy atom. The van der Waals surface area contributed by atoms with Gasteiger partial charge in [0, 0.05) is 10.6 Å². The Hall–Kier alpha value is -2.44. The largest absolute Gasteiger partial charge is 0.508 e. The van der Waals surface area contributed by atoms with Crippen molar-refractivity contribution in [1.82, 2.24) is 14.9 Å². The fourth-order valence-electron chi connectivity index (χ4n) is 3.38. The predicted octanol–water partition coefficient (Wildman–Crippen LogP) is 4.94. The van der Waals surface area contributed by atoms with Crippen LogP contribution < -0.4 is 9.75 Å². The Bertz CT molecular complexity index is 1310. The minimum absolute atomic E-state index is 0.0543. The molecule has 0 spiro atoms. The first-order valence-electron chi connectivity index (χ1n) is 9.59. The number of aromatic amines is 1. The van der Waals surface area contributed by atoms with Crippen molar-refractivity contribution in [1.29, 1.82) is 0 Å². The van der Waals surface area contributed by atoms with E-state index in [0.29, 0.717) is 10.6 Å². The molecule has 2 unspecified atom stereocenters. The molecule has 0 radical (unpaired) electrons. The zero-order chi connectivity index (χ0) is 24.6. The lowest BCUT2D eigenvalue weighted by Gasteiger charge is -2.26. The van der Waals surface area contributed by atoms with Crippen LogP contribution in [-0.2, 0) is 16.2 Å². The monoisotopic (exact) mass is 560 g/mol. The van der Waals surface area contributed by atoms with Crippen molar-refractivity contribution >= 4 is 70.7 Å². The predicted molar refractivity (Wildman–Crippen MR) is 131 cm³/mol. The molecular weight excluding hydrogens is 547 g/mol. The minimum Gasteiger partial charge on any atom is -0.508 e. The third kappa shape index (κ3) is 4.84. The Morgan fingerprint density at radius 1 is 1.24 bits per heavy atom. The summed E-state index contributed by atoms with van der Waals surface area (Å²) in [6.45, 7) is -0.195. The van der Waals surface area contributed by atoms with E-state index in [4.69, 9.17) is 51.8 Å². The van der Waals surface area contributed by atoms with Crippen LogP contribution in [0, 0.1) is 4.77 Å². The average Bonchev–Trinajstić information content (AvgIpc) is 3.26. The first kappa shape index (κ1) is 24.7. The van der Waals surface area contributed by atoms with E-state index in [0.717, 1.165) is 11.8 Å². The molecule has 1 aliphatic heterocycles. The quantitative estimate of drug-likeness (QED) is 0.347. The molecule has 1 saturated heterocycles. The lowest BCUT2D eigenvalue weighted by molar-refractivity contribution is -0.138. The van der Waals surface area contributed by atoms with Gasteiger partial charge in [0.05, 0.1) is 21.7 Å². The summed E-state index contributed by atoms with van der Waals surface area (Å²) in [6.07, 6.45) is -0.406. The highest BCUT2D eigenvalue weighted by Crippen LogP contribution is 2.46. The molecule has 0 saturated carbocycles. The van der Waals surface area contributed by atoms with Gasteiger partial charge in [-0.25, -0.2) is 9.69 Å². The van der Waals surface area contributed by atoms with Gasteiger partial charge < -0.3 is 14.9 Å². The molecule has 1 aromatic heterocycles. The number of thioether (sulfide) groups is 1. The van der Waals surface area contributed by atoms with Crippen LogP contribution in [0.25, 0.3) is 0 Å². The van der Waals surface area contributed by atoms with E-state index >= 15 is 0 Å². The maximum atomic E-state index is 13.3. The SMILES string of the molecule is O=C(O)CC1SC(c2ccccc2O)N(n2c(COc3c(Cl)cc(Cl)cc3Cl)n[nH]c2=S)C1=O. The molecule has 9 nitrogen and oxygen atoms in total. The lowest BCUT2D eigenvalue weighted by Crippen LogP contribution is -2.42. The highest BCUT2D eigenvalue weighted by Gasteiger charge is 2.45. The van der Waals surface area contributed by atoms with Gasteiger partial charge >= 0.3 is 5.97 Å². The first-order valence-corrected chi connectivity index (χ1v) is 12.1. The molecule has 3 aromatic rings. The summed E-state index contributed by atoms with van der Waals surface area (Å²) < 4.78 is 7.14. The summed E-state index contributed by atoms with van der Waals surface area (Å²) in [5, 5.41) is 26.7. The molecule has 0 aliphatic carbocycles. The number of nitrogens with one attached hydrogen (secondary N) is 1. The van der Waals surface area contributed by atoms with Crippen molar-refractivity contribution in [3.05, 3.63) is 67.6 Å². The van der Waals surface area contributed by atoms with E-state index in [9.17, 15) is 19.8 Å². The average molecular weight is 562 g/mol. The lowest BCUT2D eigenvalue weighted by atomic mass is 10.2. The number of aromatic nitrogens is 3. The molecule has 14 heteroatoms. The number of phenols is 1. The number of rotatable bonds is 7. The summed E-state index contributed by atoms with van der Waals surface area (Å²) in [7, 11) is 0. The van der Waals surface area contributed by atoms with Crippen molar-refractivity contribution in [2.45, 2.75) is 23.7 Å². The number of carboxylic acids is 1. The molecule has 2 aromatic carbocycles. The maximum Gasteiger partial charge on any atom is 0.305 e. The highest BCUT2D eigenvalue weighted by atomic mass is 35.5. The van der Waals surface area contributed by atoms with Gasteiger partial charge in [0.2, 0.25) is 4.77 Å². The van der Waals surface area contributed by atoms with Gasteiger partial charge in [0.1, 0.15) is 17.7 Å². The fraction of sp³-hybridized carbons (Fsp3) is 0.200. The number of carbonyl (C=O) groups excluding carboxylic acids is 1. The Morgan fingerprint density at radius 3 is 2.56 bits per heavy atom. The number of para-hydroxylation sites is 1. The molecule has 2 atom stereocenters. The fourth-order valence-corrected chi connectivity index (χ4v) is 5.98. The smallest absolute Gasteiger partial charge is 0.305 e. The summed E-state index contributed by atoms with van der Waals surface area (Å²) in [6, 6.07) is 9.39. The number of H-pyrrole nitrogens is 1. The Kier molecular flexibility index (Phi) is 7.29. The molecule has 1 fully saturated rings. The zero-order valence-corrected chi connectivity index (χ0v) is 20.8. The number of nitrogens with zero attached hydrogens (tertiary/aromatic N) is 3. The van der Waals surface area contributed by atoms with Crippen molar-refractivity contribution in [2.75, 3.05) is 5.01 Å². The number of phenolic OH excluding ortho intramolecular Hbond substituents is 1.